The Morgan fingerprint density at radius 1 is 1.33 bits per heavy atom. The van der Waals surface area contributed by atoms with E-state index >= 15 is 0 Å². The van der Waals surface area contributed by atoms with Gasteiger partial charge in [-0.1, -0.05) is 12.7 Å². The number of nitrogens with zero attached hydrogens (tertiary/aromatic N) is 3. The Balaban J connectivity index is 2.76. The van der Waals surface area contributed by atoms with Crippen molar-refractivity contribution in [3.05, 3.63) is 33.2 Å². The van der Waals surface area contributed by atoms with Crippen LogP contribution in [0.1, 0.15) is 5.56 Å². The predicted octanol–water partition coefficient (Wildman–Crippen LogP) is 3.28. The Kier molecular flexibility index (Phi) is 5.64. The first-order chi connectivity index (χ1) is 11.4. The lowest BCUT2D eigenvalue weighted by Crippen LogP contribution is -2.06. The van der Waals surface area contributed by atoms with E-state index in [4.69, 9.17) is 20.9 Å². The van der Waals surface area contributed by atoms with Gasteiger partial charge in [-0.05, 0) is 37.9 Å². The van der Waals surface area contributed by atoms with Gasteiger partial charge in [0.15, 0.2) is 11.5 Å². The highest BCUT2D eigenvalue weighted by Gasteiger charge is 2.22. The maximum atomic E-state index is 9.36. The van der Waals surface area contributed by atoms with E-state index in [1.165, 1.54) is 7.11 Å². The van der Waals surface area contributed by atoms with E-state index in [9.17, 15) is 5.26 Å². The topological polar surface area (TPSA) is 120 Å². The maximum Gasteiger partial charge on any atom is 0.222 e. The minimum atomic E-state index is -0.0320. The molecular formula is C15H13Br2N5O2. The molecule has 7 nitrogen and oxygen atoms in total. The Hall–Kier alpha value is -2.31. The van der Waals surface area contributed by atoms with Gasteiger partial charge < -0.3 is 20.9 Å². The average molecular weight is 455 g/mol. The molecule has 0 radical (unpaired) electrons. The van der Waals surface area contributed by atoms with Gasteiger partial charge in [-0.2, -0.15) is 10.2 Å². The lowest BCUT2D eigenvalue weighted by atomic mass is 10.1. The zero-order chi connectivity index (χ0) is 17.9. The van der Waals surface area contributed by atoms with E-state index in [2.05, 4.69) is 48.4 Å². The third-order valence-corrected chi connectivity index (χ3v) is 5.13. The lowest BCUT2D eigenvalue weighted by molar-refractivity contribution is 0.324. The van der Waals surface area contributed by atoms with Crippen molar-refractivity contribution < 1.29 is 9.47 Å². The second kappa shape index (κ2) is 7.51. The summed E-state index contributed by atoms with van der Waals surface area (Å²) in [6.45, 7) is 3.92. The van der Waals surface area contributed by atoms with Gasteiger partial charge in [0.25, 0.3) is 0 Å². The number of halogens is 2. The van der Waals surface area contributed by atoms with Crippen molar-refractivity contribution in [1.29, 1.82) is 5.26 Å². The van der Waals surface area contributed by atoms with Crippen molar-refractivity contribution in [2.75, 3.05) is 25.2 Å². The molecule has 0 bridgehead atoms. The minimum Gasteiger partial charge on any atom is -0.493 e. The third kappa shape index (κ3) is 3.29. The zero-order valence-electron chi connectivity index (χ0n) is 12.6. The van der Waals surface area contributed by atoms with Crippen LogP contribution < -0.4 is 20.9 Å². The standard InChI is InChI=1S/C15H13Br2N5O2/c1-3-4-24-13-9(23-2)5-7(10(16)11(13)17)12-8(6-18)14(19)22-15(20)21-12/h3,5H,1,4H2,2H3,(H4,19,20,21,22). The molecule has 0 saturated carbocycles. The first kappa shape index (κ1) is 18.0. The Morgan fingerprint density at radius 3 is 2.62 bits per heavy atom. The number of benzene rings is 1. The lowest BCUT2D eigenvalue weighted by Gasteiger charge is -2.16. The molecule has 1 aromatic carbocycles. The van der Waals surface area contributed by atoms with E-state index in [0.717, 1.165) is 0 Å². The smallest absolute Gasteiger partial charge is 0.222 e. The molecule has 0 atom stereocenters. The molecule has 0 amide bonds. The van der Waals surface area contributed by atoms with E-state index < -0.39 is 0 Å². The summed E-state index contributed by atoms with van der Waals surface area (Å²) in [6, 6.07) is 3.67. The van der Waals surface area contributed by atoms with Crippen molar-refractivity contribution in [3.8, 4) is 28.8 Å². The van der Waals surface area contributed by atoms with Gasteiger partial charge in [-0.3, -0.25) is 0 Å². The van der Waals surface area contributed by atoms with Crippen molar-refractivity contribution in [1.82, 2.24) is 9.97 Å². The van der Waals surface area contributed by atoms with Gasteiger partial charge >= 0.3 is 0 Å². The molecule has 0 fully saturated rings. The Labute approximate surface area is 155 Å². The molecular weight excluding hydrogens is 442 g/mol. The first-order valence-corrected chi connectivity index (χ1v) is 8.16. The molecule has 124 valence electrons. The van der Waals surface area contributed by atoms with E-state index in [0.29, 0.717) is 38.3 Å². The van der Waals surface area contributed by atoms with Gasteiger partial charge in [0.05, 0.1) is 17.3 Å². The second-order valence-corrected chi connectivity index (χ2v) is 6.07. The SMILES string of the molecule is C=CCOc1c(OC)cc(-c2nc(N)nc(N)c2C#N)c(Br)c1Br. The van der Waals surface area contributed by atoms with Gasteiger partial charge in [0.2, 0.25) is 5.95 Å². The number of rotatable bonds is 5. The van der Waals surface area contributed by atoms with Crippen molar-refractivity contribution in [2.24, 2.45) is 0 Å². The molecule has 4 N–H and O–H groups in total. The van der Waals surface area contributed by atoms with Gasteiger partial charge in [0, 0.05) is 10.0 Å². The highest BCUT2D eigenvalue weighted by atomic mass is 79.9. The number of hydrogen-bond donors (Lipinski definition) is 2. The Bertz CT molecular complexity index is 849. The monoisotopic (exact) mass is 453 g/mol. The third-order valence-electron chi connectivity index (χ3n) is 3.01. The number of nitrogen functional groups attached to an aromatic ring is 2. The summed E-state index contributed by atoms with van der Waals surface area (Å²) in [5, 5.41) is 9.36. The molecule has 0 unspecified atom stereocenters. The number of nitrogens with two attached hydrogens (primary N) is 2. The van der Waals surface area contributed by atoms with Crippen molar-refractivity contribution in [3.63, 3.8) is 0 Å². The van der Waals surface area contributed by atoms with E-state index in [-0.39, 0.29) is 17.3 Å². The number of methoxy groups -OCH3 is 1. The summed E-state index contributed by atoms with van der Waals surface area (Å²) < 4.78 is 12.2. The number of aromatic nitrogens is 2. The Morgan fingerprint density at radius 2 is 2.04 bits per heavy atom. The van der Waals surface area contributed by atoms with Crippen LogP contribution in [-0.4, -0.2) is 23.7 Å². The molecule has 0 saturated heterocycles. The van der Waals surface area contributed by atoms with Crippen molar-refractivity contribution >= 4 is 43.6 Å². The average Bonchev–Trinajstić information content (AvgIpc) is 2.55. The first-order valence-electron chi connectivity index (χ1n) is 6.57. The molecule has 0 spiro atoms. The number of ether oxygens (including phenoxy) is 2. The predicted molar refractivity (Wildman–Crippen MR) is 98.7 cm³/mol. The summed E-state index contributed by atoms with van der Waals surface area (Å²) in [5.74, 6) is 0.910. The minimum absolute atomic E-state index is 0.00831. The molecule has 0 aliphatic heterocycles. The quantitative estimate of drug-likeness (QED) is 0.665. The zero-order valence-corrected chi connectivity index (χ0v) is 15.8. The van der Waals surface area contributed by atoms with Crippen LogP contribution in [-0.2, 0) is 0 Å². The van der Waals surface area contributed by atoms with Gasteiger partial charge in [-0.25, -0.2) is 4.98 Å². The molecule has 2 aromatic rings. The number of hydrogen-bond acceptors (Lipinski definition) is 7. The fourth-order valence-electron chi connectivity index (χ4n) is 1.99. The van der Waals surface area contributed by atoms with Gasteiger partial charge in [-0.15, -0.1) is 0 Å². The van der Waals surface area contributed by atoms with Gasteiger partial charge in [0.1, 0.15) is 24.1 Å². The van der Waals surface area contributed by atoms with Crippen LogP contribution in [0, 0.1) is 11.3 Å². The summed E-state index contributed by atoms with van der Waals surface area (Å²) >= 11 is 6.93. The maximum absolute atomic E-state index is 9.36. The molecule has 0 aliphatic rings. The van der Waals surface area contributed by atoms with Crippen LogP contribution in [0.3, 0.4) is 0 Å². The highest BCUT2D eigenvalue weighted by molar-refractivity contribution is 9.13. The number of anilines is 2. The summed E-state index contributed by atoms with van der Waals surface area (Å²) in [4.78, 5) is 7.96. The molecule has 24 heavy (non-hydrogen) atoms. The van der Waals surface area contributed by atoms with Crippen LogP contribution in [0.25, 0.3) is 11.3 Å². The van der Waals surface area contributed by atoms with E-state index in [1.54, 1.807) is 12.1 Å². The fourth-order valence-corrected chi connectivity index (χ4v) is 2.99. The summed E-state index contributed by atoms with van der Waals surface area (Å²) in [5.41, 5.74) is 12.4. The van der Waals surface area contributed by atoms with E-state index in [1.807, 2.05) is 6.07 Å². The molecule has 0 aliphatic carbocycles. The van der Waals surface area contributed by atoms with Crippen LogP contribution in [0.15, 0.2) is 27.7 Å². The normalized spacial score (nSPS) is 10.1. The molecule has 1 heterocycles. The van der Waals surface area contributed by atoms with Crippen molar-refractivity contribution in [2.45, 2.75) is 0 Å². The van der Waals surface area contributed by atoms with Crippen LogP contribution in [0.4, 0.5) is 11.8 Å². The summed E-state index contributed by atoms with van der Waals surface area (Å²) in [7, 11) is 1.51. The molecule has 2 rings (SSSR count). The van der Waals surface area contributed by atoms with Crippen LogP contribution >= 0.6 is 31.9 Å². The number of nitriles is 1. The molecule has 9 heteroatoms. The molecule has 1 aromatic heterocycles. The second-order valence-electron chi connectivity index (χ2n) is 4.49. The highest BCUT2D eigenvalue weighted by Crippen LogP contribution is 2.46. The van der Waals surface area contributed by atoms with Crippen LogP contribution in [0.5, 0.6) is 11.5 Å². The largest absolute Gasteiger partial charge is 0.493 e. The summed E-state index contributed by atoms with van der Waals surface area (Å²) in [6.07, 6.45) is 1.62. The van der Waals surface area contributed by atoms with Crippen LogP contribution in [0.2, 0.25) is 0 Å². The fraction of sp³-hybridized carbons (Fsp3) is 0.133.